The smallest absolute Gasteiger partial charge is 0.337 e. The van der Waals surface area contributed by atoms with Crippen LogP contribution >= 0.6 is 0 Å². The predicted octanol–water partition coefficient (Wildman–Crippen LogP) is 1.91. The van der Waals surface area contributed by atoms with E-state index < -0.39 is 22.8 Å². The Kier molecular flexibility index (Phi) is 6.01. The van der Waals surface area contributed by atoms with E-state index in [4.69, 9.17) is 0 Å². The molecule has 1 aromatic carbocycles. The van der Waals surface area contributed by atoms with E-state index in [1.807, 2.05) is 0 Å². The second-order valence-electron chi connectivity index (χ2n) is 5.74. The maximum atomic E-state index is 12.2. The first-order chi connectivity index (χ1) is 12.8. The first-order valence-electron chi connectivity index (χ1n) is 7.97. The van der Waals surface area contributed by atoms with Gasteiger partial charge in [0.05, 0.1) is 23.8 Å². The van der Waals surface area contributed by atoms with Gasteiger partial charge >= 0.3 is 11.7 Å². The number of nitrogens with one attached hydrogen (secondary N) is 1. The second-order valence-corrected chi connectivity index (χ2v) is 5.74. The molecule has 0 spiro atoms. The monoisotopic (exact) mass is 373 g/mol. The van der Waals surface area contributed by atoms with E-state index in [1.54, 1.807) is 31.2 Å². The van der Waals surface area contributed by atoms with Gasteiger partial charge in [0.1, 0.15) is 17.4 Å². The van der Waals surface area contributed by atoms with Gasteiger partial charge in [-0.1, -0.05) is 12.1 Å². The van der Waals surface area contributed by atoms with Gasteiger partial charge < -0.3 is 4.74 Å². The van der Waals surface area contributed by atoms with E-state index in [0.717, 1.165) is 0 Å². The topological polar surface area (TPSA) is 129 Å². The summed E-state index contributed by atoms with van der Waals surface area (Å²) in [5.41, 5.74) is 3.87. The van der Waals surface area contributed by atoms with Gasteiger partial charge in [-0.15, -0.1) is 0 Å². The number of aromatic nitrogens is 2. The van der Waals surface area contributed by atoms with Crippen LogP contribution in [0.25, 0.3) is 0 Å². The molecule has 27 heavy (non-hydrogen) atoms. The van der Waals surface area contributed by atoms with Crippen molar-refractivity contribution >= 4 is 23.8 Å². The van der Waals surface area contributed by atoms with Gasteiger partial charge in [-0.2, -0.15) is 10.2 Å². The SMILES string of the molecule is COC(=O)c1ccc(/C=N/NC(=O)C(C)n2nc(C)c([N+](=O)[O-])c2C)cc1. The fourth-order valence-corrected chi connectivity index (χ4v) is 2.49. The minimum atomic E-state index is -0.781. The number of benzene rings is 1. The molecule has 1 atom stereocenters. The molecule has 142 valence electrons. The molecule has 0 bridgehead atoms. The third-order valence-corrected chi connectivity index (χ3v) is 3.94. The zero-order valence-corrected chi connectivity index (χ0v) is 15.3. The molecule has 2 rings (SSSR count). The molecule has 0 aliphatic heterocycles. The molecular weight excluding hydrogens is 354 g/mol. The number of aryl methyl sites for hydroxylation is 1. The summed E-state index contributed by atoms with van der Waals surface area (Å²) in [6, 6.07) is 5.67. The van der Waals surface area contributed by atoms with Crippen molar-refractivity contribution < 1.29 is 19.2 Å². The lowest BCUT2D eigenvalue weighted by Gasteiger charge is -2.11. The molecule has 0 radical (unpaired) electrons. The normalized spacial score (nSPS) is 12.0. The molecule has 0 fully saturated rings. The Labute approximate surface area is 155 Å². The van der Waals surface area contributed by atoms with E-state index in [-0.39, 0.29) is 11.4 Å². The minimum absolute atomic E-state index is 0.108. The maximum Gasteiger partial charge on any atom is 0.337 e. The van der Waals surface area contributed by atoms with Crippen LogP contribution in [0.4, 0.5) is 5.69 Å². The van der Waals surface area contributed by atoms with Gasteiger partial charge in [0.2, 0.25) is 0 Å². The summed E-state index contributed by atoms with van der Waals surface area (Å²) in [5, 5.41) is 19.0. The van der Waals surface area contributed by atoms with Crippen LogP contribution in [0.2, 0.25) is 0 Å². The van der Waals surface area contributed by atoms with Crippen molar-refractivity contribution in [2.24, 2.45) is 5.10 Å². The number of carbonyl (C=O) groups is 2. The average molecular weight is 373 g/mol. The number of nitrogens with zero attached hydrogens (tertiary/aromatic N) is 4. The number of esters is 1. The summed E-state index contributed by atoms with van der Waals surface area (Å²) in [4.78, 5) is 34.2. The van der Waals surface area contributed by atoms with Crippen LogP contribution in [0.1, 0.15) is 40.3 Å². The van der Waals surface area contributed by atoms with Gasteiger partial charge in [0.15, 0.2) is 0 Å². The number of ether oxygens (including phenoxy) is 1. The van der Waals surface area contributed by atoms with Gasteiger partial charge in [-0.3, -0.25) is 19.6 Å². The summed E-state index contributed by atoms with van der Waals surface area (Å²) in [6.45, 7) is 4.62. The molecule has 2 aromatic rings. The van der Waals surface area contributed by atoms with Crippen molar-refractivity contribution in [2.45, 2.75) is 26.8 Å². The lowest BCUT2D eigenvalue weighted by atomic mass is 10.1. The number of methoxy groups -OCH3 is 1. The van der Waals surface area contributed by atoms with Gasteiger partial charge in [0, 0.05) is 0 Å². The second kappa shape index (κ2) is 8.21. The fraction of sp³-hybridized carbons (Fsp3) is 0.294. The van der Waals surface area contributed by atoms with Crippen LogP contribution in [0.3, 0.4) is 0 Å². The van der Waals surface area contributed by atoms with Crippen molar-refractivity contribution in [2.75, 3.05) is 7.11 Å². The van der Waals surface area contributed by atoms with Crippen molar-refractivity contribution in [1.82, 2.24) is 15.2 Å². The Morgan fingerprint density at radius 3 is 2.48 bits per heavy atom. The van der Waals surface area contributed by atoms with E-state index in [9.17, 15) is 19.7 Å². The molecule has 1 amide bonds. The number of hydrazone groups is 1. The van der Waals surface area contributed by atoms with Crippen LogP contribution in [0.15, 0.2) is 29.4 Å². The number of hydrogen-bond acceptors (Lipinski definition) is 7. The molecule has 1 N–H and O–H groups in total. The number of carbonyl (C=O) groups excluding carboxylic acids is 2. The lowest BCUT2D eigenvalue weighted by Crippen LogP contribution is -2.28. The van der Waals surface area contributed by atoms with Crippen LogP contribution in [0, 0.1) is 24.0 Å². The van der Waals surface area contributed by atoms with Gasteiger partial charge in [-0.05, 0) is 38.5 Å². The highest BCUT2D eigenvalue weighted by Gasteiger charge is 2.26. The van der Waals surface area contributed by atoms with Gasteiger partial charge in [-0.25, -0.2) is 10.2 Å². The summed E-state index contributed by atoms with van der Waals surface area (Å²) in [7, 11) is 1.30. The van der Waals surface area contributed by atoms with Crippen LogP contribution in [-0.4, -0.2) is 39.9 Å². The number of hydrogen-bond donors (Lipinski definition) is 1. The Hall–Kier alpha value is -3.56. The molecule has 0 saturated carbocycles. The Morgan fingerprint density at radius 2 is 1.96 bits per heavy atom. The van der Waals surface area contributed by atoms with E-state index in [1.165, 1.54) is 31.9 Å². The molecule has 10 nitrogen and oxygen atoms in total. The third kappa shape index (κ3) is 4.35. The zero-order chi connectivity index (χ0) is 20.1. The molecular formula is C17H19N5O5. The zero-order valence-electron chi connectivity index (χ0n) is 15.3. The van der Waals surface area contributed by atoms with E-state index >= 15 is 0 Å². The highest BCUT2D eigenvalue weighted by Crippen LogP contribution is 2.24. The third-order valence-electron chi connectivity index (χ3n) is 3.94. The standard InChI is InChI=1S/C17H19N5O5/c1-10-15(22(25)26)11(2)21(20-10)12(3)16(23)19-18-9-13-5-7-14(8-6-13)17(24)27-4/h5-9,12H,1-4H3,(H,19,23)/b18-9+. The minimum Gasteiger partial charge on any atom is -0.465 e. The maximum absolute atomic E-state index is 12.2. The lowest BCUT2D eigenvalue weighted by molar-refractivity contribution is -0.386. The van der Waals surface area contributed by atoms with Crippen LogP contribution in [-0.2, 0) is 9.53 Å². The highest BCUT2D eigenvalue weighted by atomic mass is 16.6. The quantitative estimate of drug-likeness (QED) is 0.356. The largest absolute Gasteiger partial charge is 0.465 e. The molecule has 0 aliphatic carbocycles. The summed E-state index contributed by atoms with van der Waals surface area (Å²) < 4.78 is 5.91. The number of amides is 1. The Morgan fingerprint density at radius 1 is 1.33 bits per heavy atom. The molecule has 0 aliphatic rings. The summed E-state index contributed by atoms with van der Waals surface area (Å²) in [6.07, 6.45) is 1.41. The first-order valence-corrected chi connectivity index (χ1v) is 7.97. The Bertz CT molecular complexity index is 901. The van der Waals surface area contributed by atoms with Crippen molar-refractivity contribution in [3.63, 3.8) is 0 Å². The van der Waals surface area contributed by atoms with Crippen LogP contribution < -0.4 is 5.43 Å². The molecule has 10 heteroatoms. The summed E-state index contributed by atoms with van der Waals surface area (Å²) >= 11 is 0. The average Bonchev–Trinajstić information content (AvgIpc) is 2.95. The van der Waals surface area contributed by atoms with E-state index in [0.29, 0.717) is 16.8 Å². The molecule has 1 unspecified atom stereocenters. The fourth-order valence-electron chi connectivity index (χ4n) is 2.49. The summed E-state index contributed by atoms with van der Waals surface area (Å²) in [5.74, 6) is -0.919. The molecule has 1 aromatic heterocycles. The molecule has 0 saturated heterocycles. The highest BCUT2D eigenvalue weighted by molar-refractivity contribution is 5.91. The van der Waals surface area contributed by atoms with Gasteiger partial charge in [0.25, 0.3) is 5.91 Å². The number of rotatable bonds is 6. The van der Waals surface area contributed by atoms with Crippen molar-refractivity contribution in [3.05, 3.63) is 56.9 Å². The number of nitro groups is 1. The van der Waals surface area contributed by atoms with Crippen molar-refractivity contribution in [1.29, 1.82) is 0 Å². The van der Waals surface area contributed by atoms with Crippen LogP contribution in [0.5, 0.6) is 0 Å². The van der Waals surface area contributed by atoms with E-state index in [2.05, 4.69) is 20.4 Å². The van der Waals surface area contributed by atoms with Crippen molar-refractivity contribution in [3.8, 4) is 0 Å². The molecule has 1 heterocycles. The first kappa shape index (κ1) is 19.8. The predicted molar refractivity (Wildman–Crippen MR) is 96.6 cm³/mol. The Balaban J connectivity index is 2.05.